The van der Waals surface area contributed by atoms with Crippen LogP contribution in [0.15, 0.2) is 42.5 Å². The minimum absolute atomic E-state index is 0.217. The summed E-state index contributed by atoms with van der Waals surface area (Å²) in [6, 6.07) is 12.6. The van der Waals surface area contributed by atoms with E-state index in [1.807, 2.05) is 38.1 Å². The highest BCUT2D eigenvalue weighted by Crippen LogP contribution is 2.23. The van der Waals surface area contributed by atoms with Crippen LogP contribution in [0.4, 0.5) is 11.4 Å². The second-order valence-corrected chi connectivity index (χ2v) is 5.46. The second kappa shape index (κ2) is 7.18. The lowest BCUT2D eigenvalue weighted by Crippen LogP contribution is -2.32. The van der Waals surface area contributed by atoms with E-state index in [0.29, 0.717) is 28.6 Å². The number of ether oxygens (including phenoxy) is 1. The number of carbonyl (C=O) groups is 1. The number of hydrogen-bond donors (Lipinski definition) is 2. The van der Waals surface area contributed by atoms with Crippen molar-refractivity contribution in [3.63, 3.8) is 0 Å². The molecule has 0 aliphatic rings. The number of carbonyl (C=O) groups excluding carboxylic acids is 1. The Kier molecular flexibility index (Phi) is 5.28. The zero-order valence-electron chi connectivity index (χ0n) is 12.6. The molecular formula is C17H19ClN2O2. The van der Waals surface area contributed by atoms with Crippen molar-refractivity contribution >= 4 is 28.9 Å². The molecule has 4 nitrogen and oxygen atoms in total. The van der Waals surface area contributed by atoms with E-state index in [2.05, 4.69) is 5.32 Å². The summed E-state index contributed by atoms with van der Waals surface area (Å²) in [6.07, 6.45) is -0.0123. The second-order valence-electron chi connectivity index (χ2n) is 5.06. The summed E-state index contributed by atoms with van der Waals surface area (Å²) in [4.78, 5) is 12.3. The maximum absolute atomic E-state index is 12.3. The first kappa shape index (κ1) is 16.2. The van der Waals surface area contributed by atoms with Gasteiger partial charge in [-0.2, -0.15) is 0 Å². The lowest BCUT2D eigenvalue weighted by Gasteiger charge is -2.18. The van der Waals surface area contributed by atoms with Crippen molar-refractivity contribution in [1.82, 2.24) is 0 Å². The Morgan fingerprint density at radius 2 is 2.09 bits per heavy atom. The SMILES string of the molecule is CC[C@H](Oc1cccc(C)c1)C(=O)Nc1ccc(Cl)c(N)c1. The van der Waals surface area contributed by atoms with Gasteiger partial charge in [0.1, 0.15) is 5.75 Å². The molecule has 2 aromatic rings. The minimum Gasteiger partial charge on any atom is -0.481 e. The number of amides is 1. The molecule has 5 heteroatoms. The van der Waals surface area contributed by atoms with E-state index in [1.54, 1.807) is 18.2 Å². The third kappa shape index (κ3) is 4.15. The van der Waals surface area contributed by atoms with Crippen molar-refractivity contribution in [2.24, 2.45) is 0 Å². The molecule has 2 rings (SSSR count). The smallest absolute Gasteiger partial charge is 0.265 e. The molecule has 0 aliphatic heterocycles. The van der Waals surface area contributed by atoms with Crippen LogP contribution in [0, 0.1) is 6.92 Å². The van der Waals surface area contributed by atoms with Crippen molar-refractivity contribution in [1.29, 1.82) is 0 Å². The minimum atomic E-state index is -0.571. The Morgan fingerprint density at radius 3 is 2.73 bits per heavy atom. The largest absolute Gasteiger partial charge is 0.481 e. The van der Waals surface area contributed by atoms with Gasteiger partial charge in [-0.1, -0.05) is 30.7 Å². The third-order valence-electron chi connectivity index (χ3n) is 3.19. The molecule has 0 aromatic heterocycles. The Hall–Kier alpha value is -2.20. The van der Waals surface area contributed by atoms with E-state index in [1.165, 1.54) is 0 Å². The number of rotatable bonds is 5. The molecule has 1 atom stereocenters. The van der Waals surface area contributed by atoms with Gasteiger partial charge in [0.15, 0.2) is 6.10 Å². The fourth-order valence-electron chi connectivity index (χ4n) is 2.02. The highest BCUT2D eigenvalue weighted by molar-refractivity contribution is 6.33. The molecule has 0 bridgehead atoms. The quantitative estimate of drug-likeness (QED) is 0.818. The van der Waals surface area contributed by atoms with E-state index in [0.717, 1.165) is 5.56 Å². The monoisotopic (exact) mass is 318 g/mol. The fraction of sp³-hybridized carbons (Fsp3) is 0.235. The van der Waals surface area contributed by atoms with E-state index >= 15 is 0 Å². The lowest BCUT2D eigenvalue weighted by molar-refractivity contribution is -0.122. The predicted molar refractivity (Wildman–Crippen MR) is 90.4 cm³/mol. The Bertz CT molecular complexity index is 673. The third-order valence-corrected chi connectivity index (χ3v) is 3.54. The molecule has 0 fully saturated rings. The van der Waals surface area contributed by atoms with Crippen LogP contribution in [-0.4, -0.2) is 12.0 Å². The normalized spacial score (nSPS) is 11.8. The number of nitrogen functional groups attached to an aromatic ring is 1. The summed E-state index contributed by atoms with van der Waals surface area (Å²) in [5.74, 6) is 0.461. The number of nitrogens with one attached hydrogen (secondary N) is 1. The van der Waals surface area contributed by atoms with Crippen LogP contribution in [0.3, 0.4) is 0 Å². The van der Waals surface area contributed by atoms with Crippen molar-refractivity contribution in [2.75, 3.05) is 11.1 Å². The van der Waals surface area contributed by atoms with Crippen LogP contribution in [0.2, 0.25) is 5.02 Å². The average molecular weight is 319 g/mol. The van der Waals surface area contributed by atoms with Crippen molar-refractivity contribution in [2.45, 2.75) is 26.4 Å². The first-order chi connectivity index (χ1) is 10.5. The van der Waals surface area contributed by atoms with Gasteiger partial charge in [0, 0.05) is 5.69 Å². The molecule has 0 saturated heterocycles. The summed E-state index contributed by atoms with van der Waals surface area (Å²) in [5, 5.41) is 3.25. The van der Waals surface area contributed by atoms with Crippen LogP contribution in [0.1, 0.15) is 18.9 Å². The molecular weight excluding hydrogens is 300 g/mol. The maximum Gasteiger partial charge on any atom is 0.265 e. The van der Waals surface area contributed by atoms with Gasteiger partial charge in [-0.25, -0.2) is 0 Å². The van der Waals surface area contributed by atoms with E-state index in [-0.39, 0.29) is 5.91 Å². The van der Waals surface area contributed by atoms with Gasteiger partial charge in [-0.05, 0) is 49.2 Å². The first-order valence-corrected chi connectivity index (χ1v) is 7.46. The molecule has 22 heavy (non-hydrogen) atoms. The highest BCUT2D eigenvalue weighted by atomic mass is 35.5. The summed E-state index contributed by atoms with van der Waals surface area (Å²) >= 11 is 5.87. The zero-order chi connectivity index (χ0) is 16.1. The van der Waals surface area contributed by atoms with E-state index in [4.69, 9.17) is 22.1 Å². The van der Waals surface area contributed by atoms with Gasteiger partial charge >= 0.3 is 0 Å². The van der Waals surface area contributed by atoms with Gasteiger partial charge in [0.2, 0.25) is 0 Å². The fourth-order valence-corrected chi connectivity index (χ4v) is 2.14. The molecule has 0 heterocycles. The van der Waals surface area contributed by atoms with Crippen LogP contribution >= 0.6 is 11.6 Å². The summed E-state index contributed by atoms with van der Waals surface area (Å²) in [7, 11) is 0. The average Bonchev–Trinajstić information content (AvgIpc) is 2.48. The molecule has 1 amide bonds. The van der Waals surface area contributed by atoms with Gasteiger partial charge in [0.05, 0.1) is 10.7 Å². The predicted octanol–water partition coefficient (Wildman–Crippen LogP) is 4.03. The van der Waals surface area contributed by atoms with Crippen LogP contribution < -0.4 is 15.8 Å². The number of hydrogen-bond acceptors (Lipinski definition) is 3. The summed E-state index contributed by atoms with van der Waals surface area (Å²) in [6.45, 7) is 3.88. The molecule has 0 spiro atoms. The molecule has 0 unspecified atom stereocenters. The first-order valence-electron chi connectivity index (χ1n) is 7.09. The van der Waals surface area contributed by atoms with Crippen LogP contribution in [0.25, 0.3) is 0 Å². The molecule has 3 N–H and O–H groups in total. The maximum atomic E-state index is 12.3. The Morgan fingerprint density at radius 1 is 1.32 bits per heavy atom. The van der Waals surface area contributed by atoms with E-state index in [9.17, 15) is 4.79 Å². The van der Waals surface area contributed by atoms with Crippen LogP contribution in [0.5, 0.6) is 5.75 Å². The molecule has 116 valence electrons. The topological polar surface area (TPSA) is 64.3 Å². The number of anilines is 2. The van der Waals surface area contributed by atoms with Crippen molar-refractivity contribution in [3.05, 3.63) is 53.1 Å². The Balaban J connectivity index is 2.06. The molecule has 0 aliphatic carbocycles. The number of aryl methyl sites for hydroxylation is 1. The lowest BCUT2D eigenvalue weighted by atomic mass is 10.2. The number of benzene rings is 2. The van der Waals surface area contributed by atoms with Crippen LogP contribution in [-0.2, 0) is 4.79 Å². The Labute approximate surface area is 135 Å². The van der Waals surface area contributed by atoms with Gasteiger partial charge < -0.3 is 15.8 Å². The van der Waals surface area contributed by atoms with E-state index < -0.39 is 6.10 Å². The van der Waals surface area contributed by atoms with Crippen molar-refractivity contribution in [3.8, 4) is 5.75 Å². The molecule has 0 radical (unpaired) electrons. The van der Waals surface area contributed by atoms with Gasteiger partial charge in [0.25, 0.3) is 5.91 Å². The van der Waals surface area contributed by atoms with Gasteiger partial charge in [-0.3, -0.25) is 4.79 Å². The van der Waals surface area contributed by atoms with Gasteiger partial charge in [-0.15, -0.1) is 0 Å². The summed E-state index contributed by atoms with van der Waals surface area (Å²) in [5.41, 5.74) is 7.83. The number of halogens is 1. The summed E-state index contributed by atoms with van der Waals surface area (Å²) < 4.78 is 5.76. The zero-order valence-corrected chi connectivity index (χ0v) is 13.4. The standard InChI is InChI=1S/C17H19ClN2O2/c1-3-16(22-13-6-4-5-11(2)9-13)17(21)20-12-7-8-14(18)15(19)10-12/h4-10,16H,3,19H2,1-2H3,(H,20,21)/t16-/m0/s1. The molecule has 0 saturated carbocycles. The molecule has 2 aromatic carbocycles. The highest BCUT2D eigenvalue weighted by Gasteiger charge is 2.18. The van der Waals surface area contributed by atoms with Crippen molar-refractivity contribution < 1.29 is 9.53 Å². The number of nitrogens with two attached hydrogens (primary N) is 1.